The average Bonchev–Trinajstić information content (AvgIpc) is 2.80. The normalized spacial score (nSPS) is 27.2. The van der Waals surface area contributed by atoms with Crippen LogP contribution in [0, 0.1) is 5.41 Å². The molecule has 0 saturated carbocycles. The third kappa shape index (κ3) is 3.29. The van der Waals surface area contributed by atoms with Crippen molar-refractivity contribution in [1.29, 1.82) is 0 Å². The summed E-state index contributed by atoms with van der Waals surface area (Å²) in [7, 11) is 0. The monoisotopic (exact) mass is 356 g/mol. The molecule has 2 aliphatic rings. The first-order valence-electron chi connectivity index (χ1n) is 8.12. The standard InChI is InChI=1S/C17H19F3N2O3/c18-17(19,20)11-22-9-13(12-5-2-1-3-6-12)16(14(22)23)7-4-8-21(10-16)15(24)25/h1-3,5-6,13H,4,7-11H2,(H,24,25). The van der Waals surface area contributed by atoms with Gasteiger partial charge in [0.15, 0.2) is 0 Å². The first-order valence-corrected chi connectivity index (χ1v) is 8.12. The molecule has 1 aromatic carbocycles. The zero-order valence-corrected chi connectivity index (χ0v) is 13.5. The molecule has 5 nitrogen and oxygen atoms in total. The summed E-state index contributed by atoms with van der Waals surface area (Å²) in [6, 6.07) is 8.92. The number of likely N-dealkylation sites (tertiary alicyclic amines) is 2. The second kappa shape index (κ2) is 6.24. The number of piperidine rings is 1. The minimum Gasteiger partial charge on any atom is -0.465 e. The first kappa shape index (κ1) is 17.6. The van der Waals surface area contributed by atoms with E-state index in [1.54, 1.807) is 30.3 Å². The molecule has 25 heavy (non-hydrogen) atoms. The zero-order chi connectivity index (χ0) is 18.2. The van der Waals surface area contributed by atoms with E-state index >= 15 is 0 Å². The van der Waals surface area contributed by atoms with Gasteiger partial charge in [0.1, 0.15) is 6.54 Å². The van der Waals surface area contributed by atoms with Gasteiger partial charge in [0.05, 0.1) is 5.41 Å². The number of nitrogens with zero attached hydrogens (tertiary/aromatic N) is 2. The lowest BCUT2D eigenvalue weighted by molar-refractivity contribution is -0.162. The molecule has 136 valence electrons. The fourth-order valence-electron chi connectivity index (χ4n) is 4.11. The van der Waals surface area contributed by atoms with Crippen LogP contribution < -0.4 is 0 Å². The van der Waals surface area contributed by atoms with Crippen molar-refractivity contribution in [3.8, 4) is 0 Å². The van der Waals surface area contributed by atoms with Crippen LogP contribution in [0.5, 0.6) is 0 Å². The number of carbonyl (C=O) groups is 2. The first-order chi connectivity index (χ1) is 11.7. The fourth-order valence-corrected chi connectivity index (χ4v) is 4.11. The Hall–Kier alpha value is -2.25. The quantitative estimate of drug-likeness (QED) is 0.886. The Morgan fingerprint density at radius 2 is 1.96 bits per heavy atom. The molecule has 2 atom stereocenters. The molecule has 0 bridgehead atoms. The summed E-state index contributed by atoms with van der Waals surface area (Å²) in [6.45, 7) is -1.11. The average molecular weight is 356 g/mol. The Morgan fingerprint density at radius 1 is 1.28 bits per heavy atom. The van der Waals surface area contributed by atoms with Crippen LogP contribution in [0.4, 0.5) is 18.0 Å². The van der Waals surface area contributed by atoms with Gasteiger partial charge < -0.3 is 14.9 Å². The van der Waals surface area contributed by atoms with E-state index in [9.17, 15) is 27.9 Å². The summed E-state index contributed by atoms with van der Waals surface area (Å²) in [5.74, 6) is -1.05. The Bertz CT molecular complexity index is 665. The summed E-state index contributed by atoms with van der Waals surface area (Å²) in [6.07, 6.45) is -4.78. The summed E-state index contributed by atoms with van der Waals surface area (Å²) in [5, 5.41) is 9.30. The van der Waals surface area contributed by atoms with E-state index in [2.05, 4.69) is 0 Å². The van der Waals surface area contributed by atoms with Crippen molar-refractivity contribution in [1.82, 2.24) is 9.80 Å². The lowest BCUT2D eigenvalue weighted by Gasteiger charge is -2.41. The van der Waals surface area contributed by atoms with E-state index in [0.29, 0.717) is 19.4 Å². The van der Waals surface area contributed by atoms with E-state index in [0.717, 1.165) is 15.4 Å². The van der Waals surface area contributed by atoms with Crippen LogP contribution in [0.2, 0.25) is 0 Å². The van der Waals surface area contributed by atoms with Crippen molar-refractivity contribution in [3.05, 3.63) is 35.9 Å². The highest BCUT2D eigenvalue weighted by molar-refractivity contribution is 5.87. The molecule has 1 spiro atoms. The fraction of sp³-hybridized carbons (Fsp3) is 0.529. The molecule has 2 heterocycles. The van der Waals surface area contributed by atoms with Gasteiger partial charge in [-0.15, -0.1) is 0 Å². The van der Waals surface area contributed by atoms with Crippen molar-refractivity contribution in [3.63, 3.8) is 0 Å². The molecule has 3 rings (SSSR count). The lowest BCUT2D eigenvalue weighted by atomic mass is 9.69. The van der Waals surface area contributed by atoms with Gasteiger partial charge in [-0.2, -0.15) is 13.2 Å². The molecule has 2 amide bonds. The van der Waals surface area contributed by atoms with Crippen LogP contribution in [0.1, 0.15) is 24.3 Å². The molecule has 1 N–H and O–H groups in total. The summed E-state index contributed by atoms with van der Waals surface area (Å²) in [5.41, 5.74) is -0.351. The lowest BCUT2D eigenvalue weighted by Crippen LogP contribution is -2.51. The molecule has 0 radical (unpaired) electrons. The number of carbonyl (C=O) groups excluding carboxylic acids is 1. The van der Waals surface area contributed by atoms with Gasteiger partial charge in [-0.3, -0.25) is 4.79 Å². The van der Waals surface area contributed by atoms with Gasteiger partial charge in [0.25, 0.3) is 0 Å². The summed E-state index contributed by atoms with van der Waals surface area (Å²) < 4.78 is 38.6. The maximum Gasteiger partial charge on any atom is 0.407 e. The van der Waals surface area contributed by atoms with Crippen LogP contribution in [-0.4, -0.2) is 59.3 Å². The van der Waals surface area contributed by atoms with Crippen molar-refractivity contribution >= 4 is 12.0 Å². The smallest absolute Gasteiger partial charge is 0.407 e. The Kier molecular flexibility index (Phi) is 4.38. The van der Waals surface area contributed by atoms with Crippen LogP contribution in [0.25, 0.3) is 0 Å². The Morgan fingerprint density at radius 3 is 2.56 bits per heavy atom. The minimum absolute atomic E-state index is 0.0458. The molecule has 2 aliphatic heterocycles. The van der Waals surface area contributed by atoms with Crippen molar-refractivity contribution in [2.45, 2.75) is 24.9 Å². The van der Waals surface area contributed by atoms with Gasteiger partial charge in [0.2, 0.25) is 5.91 Å². The Balaban J connectivity index is 1.98. The molecule has 1 aromatic rings. The number of hydrogen-bond donors (Lipinski definition) is 1. The van der Waals surface area contributed by atoms with Crippen molar-refractivity contribution < 1.29 is 27.9 Å². The van der Waals surface area contributed by atoms with Gasteiger partial charge in [0, 0.05) is 25.6 Å². The molecular formula is C17H19F3N2O3. The molecule has 0 aromatic heterocycles. The van der Waals surface area contributed by atoms with Crippen molar-refractivity contribution in [2.75, 3.05) is 26.2 Å². The van der Waals surface area contributed by atoms with Crippen LogP contribution in [0.3, 0.4) is 0 Å². The predicted molar refractivity (Wildman–Crippen MR) is 83.1 cm³/mol. The maximum atomic E-state index is 12.9. The van der Waals surface area contributed by atoms with E-state index in [1.807, 2.05) is 0 Å². The number of hydrogen-bond acceptors (Lipinski definition) is 2. The topological polar surface area (TPSA) is 60.9 Å². The molecule has 8 heteroatoms. The molecule has 2 saturated heterocycles. The summed E-state index contributed by atoms with van der Waals surface area (Å²) in [4.78, 5) is 26.3. The largest absolute Gasteiger partial charge is 0.465 e. The van der Waals surface area contributed by atoms with Crippen LogP contribution >= 0.6 is 0 Å². The minimum atomic E-state index is -4.48. The SMILES string of the molecule is O=C(O)N1CCCC2(C1)C(=O)N(CC(F)(F)F)CC2c1ccccc1. The maximum absolute atomic E-state index is 12.9. The zero-order valence-electron chi connectivity index (χ0n) is 13.5. The second-order valence-electron chi connectivity index (χ2n) is 6.73. The van der Waals surface area contributed by atoms with Crippen LogP contribution in [0.15, 0.2) is 30.3 Å². The third-order valence-corrected chi connectivity index (χ3v) is 5.15. The van der Waals surface area contributed by atoms with Gasteiger partial charge in [-0.1, -0.05) is 30.3 Å². The number of alkyl halides is 3. The molecular weight excluding hydrogens is 337 g/mol. The second-order valence-corrected chi connectivity index (χ2v) is 6.73. The predicted octanol–water partition coefficient (Wildman–Crippen LogP) is 2.93. The number of rotatable bonds is 2. The highest BCUT2D eigenvalue weighted by Gasteiger charge is 2.57. The number of amides is 2. The number of carboxylic acid groups (broad SMARTS) is 1. The molecule has 2 unspecified atom stereocenters. The number of halogens is 3. The van der Waals surface area contributed by atoms with E-state index < -0.39 is 36.1 Å². The number of benzene rings is 1. The summed E-state index contributed by atoms with van der Waals surface area (Å²) >= 11 is 0. The van der Waals surface area contributed by atoms with Crippen LogP contribution in [-0.2, 0) is 4.79 Å². The van der Waals surface area contributed by atoms with E-state index in [1.165, 1.54) is 0 Å². The van der Waals surface area contributed by atoms with E-state index in [-0.39, 0.29) is 13.1 Å². The van der Waals surface area contributed by atoms with Gasteiger partial charge in [-0.05, 0) is 18.4 Å². The third-order valence-electron chi connectivity index (χ3n) is 5.15. The highest BCUT2D eigenvalue weighted by atomic mass is 19.4. The molecule has 2 fully saturated rings. The van der Waals surface area contributed by atoms with E-state index in [4.69, 9.17) is 0 Å². The molecule has 0 aliphatic carbocycles. The van der Waals surface area contributed by atoms with Gasteiger partial charge in [-0.25, -0.2) is 4.79 Å². The Labute approximate surface area is 143 Å². The van der Waals surface area contributed by atoms with Gasteiger partial charge >= 0.3 is 12.3 Å². The van der Waals surface area contributed by atoms with Crippen molar-refractivity contribution in [2.24, 2.45) is 5.41 Å². The highest BCUT2D eigenvalue weighted by Crippen LogP contribution is 2.50.